The van der Waals surface area contributed by atoms with Crippen molar-refractivity contribution >= 4 is 27.6 Å². The summed E-state index contributed by atoms with van der Waals surface area (Å²) in [5.74, 6) is 0.350. The van der Waals surface area contributed by atoms with Gasteiger partial charge in [-0.2, -0.15) is 5.10 Å². The molecular formula is C26H29ClN6O4S. The molecule has 0 radical (unpaired) electrons. The van der Waals surface area contributed by atoms with E-state index in [1.807, 2.05) is 31.6 Å². The van der Waals surface area contributed by atoms with Crippen molar-refractivity contribution in [3.63, 3.8) is 0 Å². The fourth-order valence-corrected chi connectivity index (χ4v) is 4.77. The maximum Gasteiger partial charge on any atom is 0.240 e. The Kier molecular flexibility index (Phi) is 7.91. The van der Waals surface area contributed by atoms with Gasteiger partial charge in [-0.1, -0.05) is 17.7 Å². The highest BCUT2D eigenvalue weighted by Gasteiger charge is 2.21. The van der Waals surface area contributed by atoms with Gasteiger partial charge in [-0.05, 0) is 69.7 Å². The molecule has 4 aromatic rings. The quantitative estimate of drug-likeness (QED) is 0.219. The van der Waals surface area contributed by atoms with Crippen LogP contribution in [0.4, 0.5) is 5.95 Å². The van der Waals surface area contributed by atoms with E-state index < -0.39 is 10.0 Å². The minimum absolute atomic E-state index is 0.000401. The second kappa shape index (κ2) is 11.0. The molecule has 0 spiro atoms. The standard InChI is InChI=1S/C26H29ClN6O4S/c1-26(2,3)33-16-20(24(32-33)17-5-10-21(27)23(35)15-17)22-11-14-29-25(31-22)28-12-4-13-30-38(36,37)19-8-6-18(34)7-9-19/h5-11,14-16,30,34-35H,4,12-13H2,1-3H3,(H,28,29,31). The molecule has 0 amide bonds. The van der Waals surface area contributed by atoms with Crippen LogP contribution in [0.5, 0.6) is 11.5 Å². The molecule has 0 saturated heterocycles. The molecular weight excluding hydrogens is 528 g/mol. The number of sulfonamides is 1. The summed E-state index contributed by atoms with van der Waals surface area (Å²) < 4.78 is 29.1. The lowest BCUT2D eigenvalue weighted by atomic mass is 10.1. The number of hydrogen-bond donors (Lipinski definition) is 4. The SMILES string of the molecule is CC(C)(C)n1cc(-c2ccnc(NCCCNS(=O)(=O)c3ccc(O)cc3)n2)c(-c2ccc(Cl)c(O)c2)n1. The predicted octanol–water partition coefficient (Wildman–Crippen LogP) is 4.61. The number of benzene rings is 2. The molecule has 0 atom stereocenters. The first-order chi connectivity index (χ1) is 17.9. The molecule has 0 unspecified atom stereocenters. The molecule has 12 heteroatoms. The summed E-state index contributed by atoms with van der Waals surface area (Å²) >= 11 is 6.00. The highest BCUT2D eigenvalue weighted by molar-refractivity contribution is 7.89. The summed E-state index contributed by atoms with van der Waals surface area (Å²) in [5, 5.41) is 27.6. The lowest BCUT2D eigenvalue weighted by Crippen LogP contribution is -2.26. The molecule has 2 heterocycles. The van der Waals surface area contributed by atoms with E-state index in [0.29, 0.717) is 35.9 Å². The zero-order valence-corrected chi connectivity index (χ0v) is 22.8. The average Bonchev–Trinajstić information content (AvgIpc) is 3.32. The smallest absolute Gasteiger partial charge is 0.240 e. The maximum atomic E-state index is 12.4. The molecule has 0 bridgehead atoms. The molecule has 0 fully saturated rings. The molecule has 10 nitrogen and oxygen atoms in total. The topological polar surface area (TPSA) is 142 Å². The monoisotopic (exact) mass is 556 g/mol. The van der Waals surface area contributed by atoms with Gasteiger partial charge in [-0.25, -0.2) is 23.1 Å². The number of anilines is 1. The highest BCUT2D eigenvalue weighted by Crippen LogP contribution is 2.35. The van der Waals surface area contributed by atoms with Crippen molar-refractivity contribution in [2.45, 2.75) is 37.6 Å². The molecule has 0 aliphatic rings. The van der Waals surface area contributed by atoms with Gasteiger partial charge in [0.15, 0.2) is 0 Å². The third kappa shape index (κ3) is 6.42. The van der Waals surface area contributed by atoms with Crippen molar-refractivity contribution in [2.75, 3.05) is 18.4 Å². The van der Waals surface area contributed by atoms with Crippen molar-refractivity contribution < 1.29 is 18.6 Å². The maximum absolute atomic E-state index is 12.4. The summed E-state index contributed by atoms with van der Waals surface area (Å²) in [4.78, 5) is 9.01. The van der Waals surface area contributed by atoms with Crippen molar-refractivity contribution in [3.05, 3.63) is 65.9 Å². The van der Waals surface area contributed by atoms with E-state index >= 15 is 0 Å². The number of aromatic nitrogens is 4. The van der Waals surface area contributed by atoms with Crippen LogP contribution < -0.4 is 10.0 Å². The second-order valence-corrected chi connectivity index (χ2v) is 11.8. The van der Waals surface area contributed by atoms with E-state index in [1.54, 1.807) is 30.5 Å². The van der Waals surface area contributed by atoms with E-state index in [0.717, 1.165) is 5.56 Å². The van der Waals surface area contributed by atoms with Crippen LogP contribution in [-0.2, 0) is 15.6 Å². The summed E-state index contributed by atoms with van der Waals surface area (Å²) in [6.07, 6.45) is 4.03. The number of rotatable bonds is 9. The molecule has 38 heavy (non-hydrogen) atoms. The van der Waals surface area contributed by atoms with Gasteiger partial charge < -0.3 is 15.5 Å². The lowest BCUT2D eigenvalue weighted by Gasteiger charge is -2.18. The molecule has 0 aliphatic carbocycles. The number of nitrogens with one attached hydrogen (secondary N) is 2. The van der Waals surface area contributed by atoms with Gasteiger partial charge in [0.1, 0.15) is 17.2 Å². The average molecular weight is 557 g/mol. The van der Waals surface area contributed by atoms with Crippen molar-refractivity contribution in [1.82, 2.24) is 24.5 Å². The second-order valence-electron chi connectivity index (χ2n) is 9.61. The highest BCUT2D eigenvalue weighted by atomic mass is 35.5. The molecule has 200 valence electrons. The van der Waals surface area contributed by atoms with Crippen molar-refractivity contribution in [3.8, 4) is 34.0 Å². The van der Waals surface area contributed by atoms with Gasteiger partial charge in [0.05, 0.1) is 21.2 Å². The predicted molar refractivity (Wildman–Crippen MR) is 147 cm³/mol. The number of nitrogens with zero attached hydrogens (tertiary/aromatic N) is 4. The van der Waals surface area contributed by atoms with Gasteiger partial charge in [0.2, 0.25) is 16.0 Å². The first kappa shape index (κ1) is 27.4. The molecule has 0 aliphatic heterocycles. The Morgan fingerprint density at radius 1 is 1.03 bits per heavy atom. The van der Waals surface area contributed by atoms with Crippen LogP contribution in [0.1, 0.15) is 27.2 Å². The largest absolute Gasteiger partial charge is 0.508 e. The first-order valence-electron chi connectivity index (χ1n) is 11.9. The van der Waals surface area contributed by atoms with Gasteiger partial charge in [0.25, 0.3) is 0 Å². The minimum Gasteiger partial charge on any atom is -0.508 e. The number of aromatic hydroxyl groups is 2. The summed E-state index contributed by atoms with van der Waals surface area (Å²) in [7, 11) is -3.67. The number of phenolic OH excluding ortho intramolecular Hbond substituents is 2. The Morgan fingerprint density at radius 2 is 1.76 bits per heavy atom. The van der Waals surface area contributed by atoms with Crippen molar-refractivity contribution in [1.29, 1.82) is 0 Å². The zero-order chi connectivity index (χ0) is 27.5. The Morgan fingerprint density at radius 3 is 2.45 bits per heavy atom. The molecule has 4 N–H and O–H groups in total. The Labute approximate surface area is 226 Å². The molecule has 2 aromatic heterocycles. The van der Waals surface area contributed by atoms with E-state index in [1.165, 1.54) is 24.3 Å². The number of phenols is 2. The van der Waals surface area contributed by atoms with E-state index in [2.05, 4.69) is 20.0 Å². The summed E-state index contributed by atoms with van der Waals surface area (Å²) in [6, 6.07) is 12.1. The first-order valence-corrected chi connectivity index (χ1v) is 13.8. The number of hydrogen-bond acceptors (Lipinski definition) is 8. The van der Waals surface area contributed by atoms with Crippen LogP contribution in [0.25, 0.3) is 22.5 Å². The molecule has 4 rings (SSSR count). The van der Waals surface area contributed by atoms with Crippen LogP contribution in [-0.4, -0.2) is 51.5 Å². The normalized spacial score (nSPS) is 12.0. The number of halogens is 1. The van der Waals surface area contributed by atoms with Gasteiger partial charge in [0, 0.05) is 36.6 Å². The fraction of sp³-hybridized carbons (Fsp3) is 0.269. The van der Waals surface area contributed by atoms with Crippen LogP contribution in [0.2, 0.25) is 5.02 Å². The van der Waals surface area contributed by atoms with E-state index in [-0.39, 0.29) is 33.5 Å². The lowest BCUT2D eigenvalue weighted by molar-refractivity contribution is 0.356. The van der Waals surface area contributed by atoms with Gasteiger partial charge in [-0.3, -0.25) is 4.68 Å². The third-order valence-electron chi connectivity index (χ3n) is 5.63. The Bertz CT molecular complexity index is 1530. The Balaban J connectivity index is 1.47. The zero-order valence-electron chi connectivity index (χ0n) is 21.2. The van der Waals surface area contributed by atoms with Gasteiger partial charge in [-0.15, -0.1) is 0 Å². The van der Waals surface area contributed by atoms with Crippen LogP contribution in [0.3, 0.4) is 0 Å². The van der Waals surface area contributed by atoms with Gasteiger partial charge >= 0.3 is 0 Å². The van der Waals surface area contributed by atoms with Crippen LogP contribution in [0.15, 0.2) is 65.8 Å². The van der Waals surface area contributed by atoms with E-state index in [4.69, 9.17) is 16.7 Å². The fourth-order valence-electron chi connectivity index (χ4n) is 3.58. The van der Waals surface area contributed by atoms with Crippen molar-refractivity contribution in [2.24, 2.45) is 0 Å². The molecule has 2 aromatic carbocycles. The van der Waals surface area contributed by atoms with E-state index in [9.17, 15) is 18.6 Å². The summed E-state index contributed by atoms with van der Waals surface area (Å²) in [6.45, 7) is 6.75. The Hall–Kier alpha value is -3.67. The van der Waals surface area contributed by atoms with Crippen LogP contribution >= 0.6 is 11.6 Å². The van der Waals surface area contributed by atoms with Crippen LogP contribution in [0, 0.1) is 0 Å². The summed E-state index contributed by atoms with van der Waals surface area (Å²) in [5.41, 5.74) is 2.44. The third-order valence-corrected chi connectivity index (χ3v) is 7.42. The molecule has 0 saturated carbocycles. The minimum atomic E-state index is -3.67.